The van der Waals surface area contributed by atoms with Crippen molar-refractivity contribution in [2.24, 2.45) is 5.41 Å². The lowest BCUT2D eigenvalue weighted by atomic mass is 9.85. The van der Waals surface area contributed by atoms with Crippen molar-refractivity contribution < 1.29 is 10.6 Å². The standard InChI is InChI=1S/C22H22ClN3O4/c1-10-5-8-14(30-10)20(22(2,3)4)26-17-16(18(27)19(17)28)25-13-7-6-12(23)11-9-24-21(29)15(11)13/h5-8,20,25-26H,9H2,1-4H3,(H,24,29)/i20D. The molecule has 1 aromatic heterocycles. The van der Waals surface area contributed by atoms with Crippen LogP contribution in [-0.2, 0) is 6.54 Å². The Morgan fingerprint density at radius 2 is 1.83 bits per heavy atom. The minimum atomic E-state index is -1.53. The third-order valence-corrected chi connectivity index (χ3v) is 5.42. The summed E-state index contributed by atoms with van der Waals surface area (Å²) >= 11 is 6.18. The van der Waals surface area contributed by atoms with Gasteiger partial charge in [0.15, 0.2) is 0 Å². The number of rotatable bonds is 5. The fourth-order valence-corrected chi connectivity index (χ4v) is 3.72. The van der Waals surface area contributed by atoms with E-state index < -0.39 is 22.3 Å². The molecule has 2 aromatic carbocycles. The van der Waals surface area contributed by atoms with Crippen molar-refractivity contribution in [3.05, 3.63) is 72.4 Å². The van der Waals surface area contributed by atoms with E-state index in [1.807, 2.05) is 20.8 Å². The Balaban J connectivity index is 1.75. The molecule has 2 heterocycles. The lowest BCUT2D eigenvalue weighted by molar-refractivity contribution is 0.0966. The predicted octanol–water partition coefficient (Wildman–Crippen LogP) is 4.02. The maximum Gasteiger partial charge on any atom is 0.254 e. The molecule has 0 bridgehead atoms. The predicted molar refractivity (Wildman–Crippen MR) is 117 cm³/mol. The van der Waals surface area contributed by atoms with Gasteiger partial charge >= 0.3 is 0 Å². The second-order valence-corrected chi connectivity index (χ2v) is 8.73. The molecule has 8 heteroatoms. The Morgan fingerprint density at radius 3 is 2.47 bits per heavy atom. The van der Waals surface area contributed by atoms with Crippen molar-refractivity contribution in [1.82, 2.24) is 5.32 Å². The van der Waals surface area contributed by atoms with Crippen LogP contribution in [0.4, 0.5) is 17.1 Å². The highest BCUT2D eigenvalue weighted by molar-refractivity contribution is 6.32. The number of amides is 1. The van der Waals surface area contributed by atoms with E-state index in [9.17, 15) is 14.4 Å². The van der Waals surface area contributed by atoms with Crippen molar-refractivity contribution in [3.63, 3.8) is 0 Å². The molecule has 0 aliphatic carbocycles. The number of nitrogens with one attached hydrogen (secondary N) is 3. The molecule has 1 atom stereocenters. The first kappa shape index (κ1) is 18.9. The van der Waals surface area contributed by atoms with Gasteiger partial charge < -0.3 is 20.4 Å². The van der Waals surface area contributed by atoms with Gasteiger partial charge in [-0.05, 0) is 36.6 Å². The third-order valence-electron chi connectivity index (χ3n) is 5.07. The minimum absolute atomic E-state index is 0.00150. The van der Waals surface area contributed by atoms with Crippen LogP contribution >= 0.6 is 11.6 Å². The number of halogens is 1. The van der Waals surface area contributed by atoms with Crippen LogP contribution < -0.4 is 26.8 Å². The van der Waals surface area contributed by atoms with Gasteiger partial charge in [-0.1, -0.05) is 32.4 Å². The zero-order valence-electron chi connectivity index (χ0n) is 18.0. The van der Waals surface area contributed by atoms with Gasteiger partial charge in [-0.15, -0.1) is 0 Å². The molecule has 3 aromatic rings. The third kappa shape index (κ3) is 3.29. The Labute approximate surface area is 179 Å². The highest BCUT2D eigenvalue weighted by Crippen LogP contribution is 2.38. The zero-order valence-corrected chi connectivity index (χ0v) is 17.8. The number of benzene rings is 1. The maximum atomic E-state index is 12.4. The molecular formula is C22H22ClN3O4. The second-order valence-electron chi connectivity index (χ2n) is 8.32. The van der Waals surface area contributed by atoms with Crippen molar-refractivity contribution in [3.8, 4) is 0 Å². The van der Waals surface area contributed by atoms with Crippen LogP contribution in [0.2, 0.25) is 5.02 Å². The first-order chi connectivity index (χ1) is 14.4. The highest BCUT2D eigenvalue weighted by atomic mass is 35.5. The summed E-state index contributed by atoms with van der Waals surface area (Å²) in [7, 11) is 0. The van der Waals surface area contributed by atoms with Gasteiger partial charge in [0.1, 0.15) is 22.9 Å². The smallest absolute Gasteiger partial charge is 0.254 e. The Morgan fingerprint density at radius 1 is 1.13 bits per heavy atom. The van der Waals surface area contributed by atoms with Gasteiger partial charge in [0.25, 0.3) is 16.8 Å². The van der Waals surface area contributed by atoms with Crippen molar-refractivity contribution in [1.29, 1.82) is 0 Å². The summed E-state index contributed by atoms with van der Waals surface area (Å²) in [5.41, 5.74) is -0.857. The van der Waals surface area contributed by atoms with Gasteiger partial charge in [0.05, 0.1) is 18.6 Å². The SMILES string of the molecule is [2H]C(Nc1c(Nc2ccc(Cl)c3c2C(=O)NC3)c(=O)c1=O)(c1ccc(C)o1)C(C)(C)C. The number of carbonyl (C=O) groups excluding carboxylic acids is 1. The molecule has 0 saturated heterocycles. The molecule has 0 saturated carbocycles. The largest absolute Gasteiger partial charge is 0.464 e. The van der Waals surface area contributed by atoms with E-state index in [-0.39, 0.29) is 23.8 Å². The molecule has 1 amide bonds. The number of fused-ring (bicyclic) bond motifs is 1. The molecular weight excluding hydrogens is 406 g/mol. The van der Waals surface area contributed by atoms with Crippen LogP contribution in [0, 0.1) is 12.3 Å². The van der Waals surface area contributed by atoms with E-state index >= 15 is 0 Å². The summed E-state index contributed by atoms with van der Waals surface area (Å²) < 4.78 is 14.8. The molecule has 0 radical (unpaired) electrons. The number of aryl methyl sites for hydroxylation is 1. The Hall–Kier alpha value is -3.06. The van der Waals surface area contributed by atoms with E-state index in [1.54, 1.807) is 31.2 Å². The van der Waals surface area contributed by atoms with E-state index in [1.165, 1.54) is 0 Å². The van der Waals surface area contributed by atoms with E-state index in [0.717, 1.165) is 0 Å². The topological polar surface area (TPSA) is 100 Å². The van der Waals surface area contributed by atoms with Crippen LogP contribution in [0.15, 0.2) is 38.3 Å². The van der Waals surface area contributed by atoms with Gasteiger partial charge in [-0.25, -0.2) is 0 Å². The van der Waals surface area contributed by atoms with E-state index in [4.69, 9.17) is 17.4 Å². The summed E-state index contributed by atoms with van der Waals surface area (Å²) in [6.45, 7) is 7.56. The number of furan rings is 1. The van der Waals surface area contributed by atoms with Crippen LogP contribution in [0.25, 0.3) is 0 Å². The molecule has 156 valence electrons. The van der Waals surface area contributed by atoms with E-state index in [2.05, 4.69) is 16.0 Å². The average Bonchev–Trinajstić information content (AvgIpc) is 3.31. The zero-order chi connectivity index (χ0) is 22.7. The van der Waals surface area contributed by atoms with Crippen molar-refractivity contribution in [2.75, 3.05) is 10.6 Å². The van der Waals surface area contributed by atoms with Crippen LogP contribution in [0.3, 0.4) is 0 Å². The second kappa shape index (κ2) is 7.02. The lowest BCUT2D eigenvalue weighted by Gasteiger charge is -2.31. The summed E-state index contributed by atoms with van der Waals surface area (Å²) in [5, 5.41) is 8.98. The fourth-order valence-electron chi connectivity index (χ4n) is 3.49. The molecule has 0 fully saturated rings. The van der Waals surface area contributed by atoms with E-state index in [0.29, 0.717) is 33.4 Å². The van der Waals surface area contributed by atoms with Crippen LogP contribution in [-0.4, -0.2) is 5.91 Å². The molecule has 30 heavy (non-hydrogen) atoms. The Bertz CT molecular complexity index is 1280. The normalized spacial score (nSPS) is 16.0. The van der Waals surface area contributed by atoms with Crippen molar-refractivity contribution >= 4 is 34.6 Å². The van der Waals surface area contributed by atoms with Crippen LogP contribution in [0.5, 0.6) is 0 Å². The Kier molecular flexibility index (Phi) is 4.43. The highest BCUT2D eigenvalue weighted by Gasteiger charge is 2.33. The number of hydrogen-bond acceptors (Lipinski definition) is 6. The number of carbonyl (C=O) groups is 1. The molecule has 1 unspecified atom stereocenters. The first-order valence-corrected chi connectivity index (χ1v) is 9.87. The maximum absolute atomic E-state index is 12.4. The number of hydrogen-bond donors (Lipinski definition) is 3. The van der Waals surface area contributed by atoms with Gasteiger partial charge in [0.2, 0.25) is 0 Å². The van der Waals surface area contributed by atoms with Gasteiger partial charge in [-0.3, -0.25) is 14.4 Å². The number of anilines is 3. The molecule has 1 aliphatic rings. The summed E-state index contributed by atoms with van der Waals surface area (Å²) in [5.74, 6) is 0.635. The minimum Gasteiger partial charge on any atom is -0.464 e. The molecule has 3 N–H and O–H groups in total. The van der Waals surface area contributed by atoms with Crippen molar-refractivity contribution in [2.45, 2.75) is 40.3 Å². The van der Waals surface area contributed by atoms with Gasteiger partial charge in [-0.2, -0.15) is 0 Å². The molecule has 0 spiro atoms. The lowest BCUT2D eigenvalue weighted by Crippen LogP contribution is -2.39. The average molecular weight is 429 g/mol. The summed E-state index contributed by atoms with van der Waals surface area (Å²) in [6, 6.07) is 5.09. The quantitative estimate of drug-likeness (QED) is 0.530. The monoisotopic (exact) mass is 428 g/mol. The first-order valence-electron chi connectivity index (χ1n) is 9.99. The molecule has 7 nitrogen and oxygen atoms in total. The van der Waals surface area contributed by atoms with Crippen LogP contribution in [0.1, 0.15) is 55.6 Å². The summed E-state index contributed by atoms with van der Waals surface area (Å²) in [6.07, 6.45) is 0. The fraction of sp³-hybridized carbons (Fsp3) is 0.318. The van der Waals surface area contributed by atoms with Gasteiger partial charge in [0, 0.05) is 17.1 Å². The molecule has 4 rings (SSSR count). The summed E-state index contributed by atoms with van der Waals surface area (Å²) in [4.78, 5) is 37.1. The molecule has 1 aliphatic heterocycles.